The lowest BCUT2D eigenvalue weighted by atomic mass is 10.1. The second-order valence-corrected chi connectivity index (χ2v) is 6.34. The summed E-state index contributed by atoms with van der Waals surface area (Å²) in [5.41, 5.74) is 3.26. The van der Waals surface area contributed by atoms with Gasteiger partial charge in [-0.3, -0.25) is 0 Å². The molecule has 0 atom stereocenters. The molecule has 0 saturated heterocycles. The molecule has 1 heterocycles. The van der Waals surface area contributed by atoms with Crippen LogP contribution in [0.2, 0.25) is 0 Å². The number of rotatable bonds is 6. The molecule has 1 N–H and O–H groups in total. The quantitative estimate of drug-likeness (QED) is 0.651. The van der Waals surface area contributed by atoms with Gasteiger partial charge >= 0.3 is 0 Å². The third-order valence-electron chi connectivity index (χ3n) is 4.08. The van der Waals surface area contributed by atoms with Crippen molar-refractivity contribution in [2.75, 3.05) is 25.8 Å². The molecule has 0 aliphatic heterocycles. The maximum atomic E-state index is 9.66. The van der Waals surface area contributed by atoms with E-state index in [0.29, 0.717) is 23.6 Å². The molecule has 0 aliphatic rings. The molecular weight excluding hydrogens is 346 g/mol. The number of anilines is 1. The summed E-state index contributed by atoms with van der Waals surface area (Å²) < 4.78 is 10.6. The van der Waals surface area contributed by atoms with Gasteiger partial charge in [-0.2, -0.15) is 5.26 Å². The maximum Gasteiger partial charge on any atom is 0.161 e. The first-order chi connectivity index (χ1) is 12.7. The number of aromatic nitrogens is 1. The highest BCUT2D eigenvalue weighted by atomic mass is 32.2. The normalized spacial score (nSPS) is 10.4. The molecule has 2 aromatic carbocycles. The van der Waals surface area contributed by atoms with Crippen molar-refractivity contribution in [1.82, 2.24) is 4.98 Å². The van der Waals surface area contributed by atoms with Crippen molar-refractivity contribution in [3.8, 4) is 17.6 Å². The van der Waals surface area contributed by atoms with Gasteiger partial charge in [-0.25, -0.2) is 4.98 Å². The highest BCUT2D eigenvalue weighted by Crippen LogP contribution is 2.33. The largest absolute Gasteiger partial charge is 0.493 e. The lowest BCUT2D eigenvalue weighted by Gasteiger charge is -2.15. The van der Waals surface area contributed by atoms with E-state index in [4.69, 9.17) is 9.47 Å². The third kappa shape index (κ3) is 3.39. The number of methoxy groups -OCH3 is 2. The van der Waals surface area contributed by atoms with E-state index in [1.165, 1.54) is 11.8 Å². The number of para-hydroxylation sites is 1. The first-order valence-electron chi connectivity index (χ1n) is 8.03. The van der Waals surface area contributed by atoms with Crippen LogP contribution in [0, 0.1) is 11.3 Å². The van der Waals surface area contributed by atoms with Gasteiger partial charge < -0.3 is 14.8 Å². The number of pyridine rings is 1. The zero-order valence-corrected chi connectivity index (χ0v) is 15.7. The molecular formula is C20H19N3O2S. The minimum absolute atomic E-state index is 0.552. The van der Waals surface area contributed by atoms with Crippen molar-refractivity contribution in [1.29, 1.82) is 5.26 Å². The minimum atomic E-state index is 0.552. The van der Waals surface area contributed by atoms with Crippen LogP contribution in [0.1, 0.15) is 11.1 Å². The van der Waals surface area contributed by atoms with E-state index >= 15 is 0 Å². The predicted octanol–water partition coefficient (Wildman–Crippen LogP) is 4.46. The fourth-order valence-electron chi connectivity index (χ4n) is 2.81. The van der Waals surface area contributed by atoms with Gasteiger partial charge in [0.2, 0.25) is 0 Å². The van der Waals surface area contributed by atoms with Crippen molar-refractivity contribution in [2.45, 2.75) is 11.6 Å². The van der Waals surface area contributed by atoms with Crippen LogP contribution in [-0.4, -0.2) is 25.5 Å². The Morgan fingerprint density at radius 2 is 1.88 bits per heavy atom. The molecule has 26 heavy (non-hydrogen) atoms. The van der Waals surface area contributed by atoms with E-state index < -0.39 is 0 Å². The Hall–Kier alpha value is -2.91. The van der Waals surface area contributed by atoms with E-state index in [9.17, 15) is 5.26 Å². The van der Waals surface area contributed by atoms with E-state index in [2.05, 4.69) is 16.4 Å². The van der Waals surface area contributed by atoms with Crippen LogP contribution in [-0.2, 0) is 6.54 Å². The summed E-state index contributed by atoms with van der Waals surface area (Å²) in [6, 6.07) is 15.9. The molecule has 3 rings (SSSR count). The summed E-state index contributed by atoms with van der Waals surface area (Å²) in [6.07, 6.45) is 1.93. The van der Waals surface area contributed by atoms with Crippen LogP contribution in [0.3, 0.4) is 0 Å². The van der Waals surface area contributed by atoms with Gasteiger partial charge in [0, 0.05) is 11.9 Å². The number of nitrogens with one attached hydrogen (secondary N) is 1. The minimum Gasteiger partial charge on any atom is -0.493 e. The van der Waals surface area contributed by atoms with Crippen LogP contribution in [0.25, 0.3) is 10.9 Å². The average Bonchev–Trinajstić information content (AvgIpc) is 2.70. The zero-order valence-electron chi connectivity index (χ0n) is 14.9. The number of fused-ring (bicyclic) bond motifs is 1. The molecule has 0 saturated carbocycles. The molecule has 0 fully saturated rings. The Morgan fingerprint density at radius 1 is 1.12 bits per heavy atom. The number of hydrogen-bond acceptors (Lipinski definition) is 6. The third-order valence-corrected chi connectivity index (χ3v) is 4.76. The van der Waals surface area contributed by atoms with Crippen LogP contribution in [0.4, 0.5) is 5.69 Å². The summed E-state index contributed by atoms with van der Waals surface area (Å²) in [7, 11) is 3.23. The fraction of sp³-hybridized carbons (Fsp3) is 0.200. The van der Waals surface area contributed by atoms with Gasteiger partial charge in [0.1, 0.15) is 16.7 Å². The number of nitrogens with zero attached hydrogens (tertiary/aromatic N) is 2. The molecule has 0 unspecified atom stereocenters. The van der Waals surface area contributed by atoms with Crippen molar-refractivity contribution < 1.29 is 9.47 Å². The number of benzene rings is 2. The van der Waals surface area contributed by atoms with Gasteiger partial charge in [-0.1, -0.05) is 24.3 Å². The fourth-order valence-corrected chi connectivity index (χ4v) is 3.35. The molecule has 1 aromatic heterocycles. The Kier molecular flexibility index (Phi) is 5.49. The summed E-state index contributed by atoms with van der Waals surface area (Å²) in [5.74, 6) is 1.37. The Balaban J connectivity index is 2.00. The van der Waals surface area contributed by atoms with E-state index in [1.807, 2.05) is 48.7 Å². The monoisotopic (exact) mass is 365 g/mol. The van der Waals surface area contributed by atoms with Crippen molar-refractivity contribution in [3.05, 3.63) is 53.6 Å². The summed E-state index contributed by atoms with van der Waals surface area (Å²) in [4.78, 5) is 4.59. The number of hydrogen-bond donors (Lipinski definition) is 1. The topological polar surface area (TPSA) is 67.2 Å². The molecule has 0 bridgehead atoms. The molecule has 3 aromatic rings. The van der Waals surface area contributed by atoms with E-state index in [1.54, 1.807) is 14.2 Å². The van der Waals surface area contributed by atoms with Gasteiger partial charge in [0.05, 0.1) is 25.4 Å². The van der Waals surface area contributed by atoms with Gasteiger partial charge in [0.25, 0.3) is 0 Å². The van der Waals surface area contributed by atoms with Gasteiger partial charge in [-0.05, 0) is 30.0 Å². The Bertz CT molecular complexity index is 983. The zero-order chi connectivity index (χ0) is 18.5. The molecule has 132 valence electrons. The highest BCUT2D eigenvalue weighted by molar-refractivity contribution is 7.98. The molecule has 0 spiro atoms. The van der Waals surface area contributed by atoms with Gasteiger partial charge in [0.15, 0.2) is 11.5 Å². The molecule has 6 heteroatoms. The van der Waals surface area contributed by atoms with Crippen LogP contribution in [0.5, 0.6) is 11.5 Å². The SMILES string of the molecule is COc1ccc(CNc2c(C#N)c(SC)nc3ccccc23)cc1OC. The average molecular weight is 365 g/mol. The second-order valence-electron chi connectivity index (χ2n) is 5.54. The van der Waals surface area contributed by atoms with Crippen molar-refractivity contribution in [2.24, 2.45) is 0 Å². The lowest BCUT2D eigenvalue weighted by Crippen LogP contribution is -2.05. The smallest absolute Gasteiger partial charge is 0.161 e. The first-order valence-corrected chi connectivity index (χ1v) is 9.26. The number of ether oxygens (including phenoxy) is 2. The van der Waals surface area contributed by atoms with Crippen LogP contribution in [0.15, 0.2) is 47.5 Å². The highest BCUT2D eigenvalue weighted by Gasteiger charge is 2.14. The van der Waals surface area contributed by atoms with Gasteiger partial charge in [-0.15, -0.1) is 11.8 Å². The predicted molar refractivity (Wildman–Crippen MR) is 105 cm³/mol. The standard InChI is InChI=1S/C20H19N3O2S/c1-24-17-9-8-13(10-18(17)25-2)12-22-19-14-6-4-5-7-16(14)23-20(26-3)15(19)11-21/h4-10H,12H2,1-3H3,(H,22,23). The van der Waals surface area contributed by atoms with E-state index in [-0.39, 0.29) is 0 Å². The van der Waals surface area contributed by atoms with Crippen LogP contribution < -0.4 is 14.8 Å². The second kappa shape index (κ2) is 7.98. The molecule has 0 amide bonds. The van der Waals surface area contributed by atoms with Crippen molar-refractivity contribution in [3.63, 3.8) is 0 Å². The summed E-state index contributed by atoms with van der Waals surface area (Å²) in [5, 5.41) is 14.7. The summed E-state index contributed by atoms with van der Waals surface area (Å²) in [6.45, 7) is 0.552. The first kappa shape index (κ1) is 17.9. The van der Waals surface area contributed by atoms with Crippen molar-refractivity contribution >= 4 is 28.4 Å². The lowest BCUT2D eigenvalue weighted by molar-refractivity contribution is 0.354. The molecule has 5 nitrogen and oxygen atoms in total. The Morgan fingerprint density at radius 3 is 2.58 bits per heavy atom. The maximum absolute atomic E-state index is 9.66. The Labute approximate surface area is 157 Å². The molecule has 0 radical (unpaired) electrons. The van der Waals surface area contributed by atoms with Crippen LogP contribution >= 0.6 is 11.8 Å². The number of thioether (sulfide) groups is 1. The number of nitriles is 1. The van der Waals surface area contributed by atoms with E-state index in [0.717, 1.165) is 27.2 Å². The molecule has 0 aliphatic carbocycles. The summed E-state index contributed by atoms with van der Waals surface area (Å²) >= 11 is 1.47.